The molecule has 0 saturated heterocycles. The molecule has 1 N–H and O–H groups in total. The van der Waals surface area contributed by atoms with Gasteiger partial charge in [-0.2, -0.15) is 5.26 Å². The fourth-order valence-corrected chi connectivity index (χ4v) is 3.86. The van der Waals surface area contributed by atoms with Crippen molar-refractivity contribution in [2.24, 2.45) is 0 Å². The third-order valence-corrected chi connectivity index (χ3v) is 5.87. The Labute approximate surface area is 176 Å². The fraction of sp³-hybridized carbons (Fsp3) is 0.455. The standard InChI is InChI=1S/C22H26ClN5O/c1-14(2)20-12-26-21(13-25-20)22(29)27-16-5-8-17(9-6-16)28(3)18-7-4-15(11-24)19(23)10-18/h4,7,10,12-14,16-17H,5-6,8-9H2,1-3H3,(H,27,29)/t16-,17-. The summed E-state index contributed by atoms with van der Waals surface area (Å²) in [5.41, 5.74) is 2.73. The van der Waals surface area contributed by atoms with Gasteiger partial charge in [-0.15, -0.1) is 0 Å². The Morgan fingerprint density at radius 2 is 1.97 bits per heavy atom. The van der Waals surface area contributed by atoms with Gasteiger partial charge in [-0.05, 0) is 49.8 Å². The molecule has 0 bridgehead atoms. The minimum Gasteiger partial charge on any atom is -0.372 e. The summed E-state index contributed by atoms with van der Waals surface area (Å²) in [6, 6.07) is 8.13. The van der Waals surface area contributed by atoms with Crippen molar-refractivity contribution in [3.05, 3.63) is 52.6 Å². The third kappa shape index (κ3) is 5.04. The number of hydrogen-bond acceptors (Lipinski definition) is 5. The zero-order valence-electron chi connectivity index (χ0n) is 17.0. The molecule has 2 aromatic rings. The van der Waals surface area contributed by atoms with Crippen LogP contribution in [-0.4, -0.2) is 35.0 Å². The highest BCUT2D eigenvalue weighted by molar-refractivity contribution is 6.32. The summed E-state index contributed by atoms with van der Waals surface area (Å²) in [6.45, 7) is 4.09. The molecule has 3 rings (SSSR count). The normalized spacial score (nSPS) is 18.9. The maximum atomic E-state index is 12.5. The fourth-order valence-electron chi connectivity index (χ4n) is 3.65. The molecule has 1 heterocycles. The maximum Gasteiger partial charge on any atom is 0.271 e. The zero-order chi connectivity index (χ0) is 21.0. The predicted octanol–water partition coefficient (Wildman–Crippen LogP) is 4.30. The second-order valence-electron chi connectivity index (χ2n) is 7.85. The van der Waals surface area contributed by atoms with Crippen LogP contribution in [0.3, 0.4) is 0 Å². The third-order valence-electron chi connectivity index (χ3n) is 5.56. The smallest absolute Gasteiger partial charge is 0.271 e. The molecule has 1 aromatic heterocycles. The van der Waals surface area contributed by atoms with E-state index >= 15 is 0 Å². The van der Waals surface area contributed by atoms with Gasteiger partial charge in [0.1, 0.15) is 11.8 Å². The molecule has 152 valence electrons. The first-order valence-corrected chi connectivity index (χ1v) is 10.3. The molecule has 0 aliphatic heterocycles. The first-order valence-electron chi connectivity index (χ1n) is 9.94. The molecule has 0 atom stereocenters. The summed E-state index contributed by atoms with van der Waals surface area (Å²) in [5, 5.41) is 12.6. The van der Waals surface area contributed by atoms with Crippen LogP contribution in [0.5, 0.6) is 0 Å². The lowest BCUT2D eigenvalue weighted by Gasteiger charge is -2.36. The minimum atomic E-state index is -0.163. The van der Waals surface area contributed by atoms with Crippen molar-refractivity contribution in [3.63, 3.8) is 0 Å². The van der Waals surface area contributed by atoms with E-state index in [2.05, 4.69) is 26.3 Å². The molecular weight excluding hydrogens is 386 g/mol. The van der Waals surface area contributed by atoms with Crippen molar-refractivity contribution in [3.8, 4) is 6.07 Å². The number of carbonyl (C=O) groups excluding carboxylic acids is 1. The van der Waals surface area contributed by atoms with Gasteiger partial charge in [0.15, 0.2) is 0 Å². The van der Waals surface area contributed by atoms with Crippen LogP contribution >= 0.6 is 11.6 Å². The highest BCUT2D eigenvalue weighted by Gasteiger charge is 2.26. The molecule has 1 amide bonds. The van der Waals surface area contributed by atoms with Gasteiger partial charge >= 0.3 is 0 Å². The van der Waals surface area contributed by atoms with E-state index in [1.807, 2.05) is 33.0 Å². The highest BCUT2D eigenvalue weighted by Crippen LogP contribution is 2.29. The number of amides is 1. The van der Waals surface area contributed by atoms with Gasteiger partial charge in [-0.1, -0.05) is 25.4 Å². The van der Waals surface area contributed by atoms with E-state index in [1.165, 1.54) is 0 Å². The highest BCUT2D eigenvalue weighted by atomic mass is 35.5. The second-order valence-corrected chi connectivity index (χ2v) is 8.25. The first-order chi connectivity index (χ1) is 13.9. The molecule has 1 aromatic carbocycles. The van der Waals surface area contributed by atoms with E-state index in [0.717, 1.165) is 37.1 Å². The molecule has 1 fully saturated rings. The number of carbonyl (C=O) groups is 1. The topological polar surface area (TPSA) is 81.9 Å². The first kappa shape index (κ1) is 21.1. The Balaban J connectivity index is 1.54. The van der Waals surface area contributed by atoms with E-state index < -0.39 is 0 Å². The van der Waals surface area contributed by atoms with E-state index in [0.29, 0.717) is 22.3 Å². The molecule has 1 aliphatic carbocycles. The van der Waals surface area contributed by atoms with E-state index in [9.17, 15) is 4.79 Å². The number of nitrogens with one attached hydrogen (secondary N) is 1. The summed E-state index contributed by atoms with van der Waals surface area (Å²) in [5.74, 6) is 0.126. The lowest BCUT2D eigenvalue weighted by Crippen LogP contribution is -2.43. The minimum absolute atomic E-state index is 0.142. The van der Waals surface area contributed by atoms with Gasteiger partial charge in [-0.3, -0.25) is 9.78 Å². The van der Waals surface area contributed by atoms with Crippen LogP contribution in [0, 0.1) is 11.3 Å². The number of aromatic nitrogens is 2. The molecule has 6 nitrogen and oxygen atoms in total. The van der Waals surface area contributed by atoms with Crippen molar-refractivity contribution >= 4 is 23.2 Å². The molecule has 0 spiro atoms. The average Bonchev–Trinajstić information content (AvgIpc) is 2.73. The number of nitriles is 1. The van der Waals surface area contributed by atoms with Gasteiger partial charge in [0.05, 0.1) is 22.5 Å². The summed E-state index contributed by atoms with van der Waals surface area (Å²) in [4.78, 5) is 23.2. The summed E-state index contributed by atoms with van der Waals surface area (Å²) >= 11 is 6.17. The van der Waals surface area contributed by atoms with Gasteiger partial charge in [0.25, 0.3) is 5.91 Å². The lowest BCUT2D eigenvalue weighted by atomic mass is 9.90. The summed E-state index contributed by atoms with van der Waals surface area (Å²) in [7, 11) is 2.05. The molecular formula is C22H26ClN5O. The summed E-state index contributed by atoms with van der Waals surface area (Å²) < 4.78 is 0. The van der Waals surface area contributed by atoms with Gasteiger partial charge in [0, 0.05) is 31.0 Å². The Bertz CT molecular complexity index is 898. The van der Waals surface area contributed by atoms with Crippen LogP contribution in [0.4, 0.5) is 5.69 Å². The Morgan fingerprint density at radius 3 is 2.52 bits per heavy atom. The monoisotopic (exact) mass is 411 g/mol. The van der Waals surface area contributed by atoms with Crippen molar-refractivity contribution in [1.82, 2.24) is 15.3 Å². The van der Waals surface area contributed by atoms with E-state index in [4.69, 9.17) is 16.9 Å². The molecule has 29 heavy (non-hydrogen) atoms. The number of hydrogen-bond donors (Lipinski definition) is 1. The Hall–Kier alpha value is -2.65. The van der Waals surface area contributed by atoms with E-state index in [-0.39, 0.29) is 17.9 Å². The largest absolute Gasteiger partial charge is 0.372 e. The number of anilines is 1. The SMILES string of the molecule is CC(C)c1cnc(C(=O)N[C@H]2CC[C@H](N(C)c3ccc(C#N)c(Cl)c3)CC2)cn1. The van der Waals surface area contributed by atoms with Gasteiger partial charge in [-0.25, -0.2) is 4.98 Å². The molecule has 0 radical (unpaired) electrons. The zero-order valence-corrected chi connectivity index (χ0v) is 17.8. The van der Waals surface area contributed by atoms with Crippen LogP contribution in [0.25, 0.3) is 0 Å². The number of nitrogens with zero attached hydrogens (tertiary/aromatic N) is 4. The number of benzene rings is 1. The van der Waals surface area contributed by atoms with Gasteiger partial charge < -0.3 is 10.2 Å². The molecule has 1 aliphatic rings. The van der Waals surface area contributed by atoms with Crippen LogP contribution in [-0.2, 0) is 0 Å². The van der Waals surface area contributed by atoms with Crippen molar-refractivity contribution in [2.45, 2.75) is 57.5 Å². The van der Waals surface area contributed by atoms with Crippen LogP contribution in [0.15, 0.2) is 30.6 Å². The van der Waals surface area contributed by atoms with Crippen molar-refractivity contribution in [1.29, 1.82) is 5.26 Å². The van der Waals surface area contributed by atoms with Crippen molar-refractivity contribution < 1.29 is 4.79 Å². The quantitative estimate of drug-likeness (QED) is 0.792. The average molecular weight is 412 g/mol. The number of halogens is 1. The Kier molecular flexibility index (Phi) is 6.71. The van der Waals surface area contributed by atoms with Gasteiger partial charge in [0.2, 0.25) is 0 Å². The van der Waals surface area contributed by atoms with Crippen LogP contribution in [0.2, 0.25) is 5.02 Å². The maximum absolute atomic E-state index is 12.5. The molecule has 0 unspecified atom stereocenters. The van der Waals surface area contributed by atoms with E-state index in [1.54, 1.807) is 18.5 Å². The van der Waals surface area contributed by atoms with Crippen LogP contribution < -0.4 is 10.2 Å². The number of rotatable bonds is 5. The molecule has 7 heteroatoms. The van der Waals surface area contributed by atoms with Crippen LogP contribution in [0.1, 0.15) is 67.2 Å². The second kappa shape index (κ2) is 9.23. The molecule has 1 saturated carbocycles. The lowest BCUT2D eigenvalue weighted by molar-refractivity contribution is 0.0920. The summed E-state index contributed by atoms with van der Waals surface area (Å²) in [6.07, 6.45) is 6.98. The van der Waals surface area contributed by atoms with Crippen molar-refractivity contribution in [2.75, 3.05) is 11.9 Å². The Morgan fingerprint density at radius 1 is 1.24 bits per heavy atom. The predicted molar refractivity (Wildman–Crippen MR) is 114 cm³/mol.